The van der Waals surface area contributed by atoms with Crippen LogP contribution in [0.15, 0.2) is 23.9 Å². The number of rotatable bonds is 4. The maximum atomic E-state index is 12.3. The van der Waals surface area contributed by atoms with Crippen LogP contribution in [0, 0.1) is 11.8 Å². The lowest BCUT2D eigenvalue weighted by Crippen LogP contribution is -2.40. The van der Waals surface area contributed by atoms with E-state index < -0.39 is 12.0 Å². The number of nitrogens with two attached hydrogens (primary N) is 2. The van der Waals surface area contributed by atoms with Crippen LogP contribution in [-0.2, 0) is 4.79 Å². The second kappa shape index (κ2) is 8.27. The Hall–Kier alpha value is -3.40. The zero-order valence-electron chi connectivity index (χ0n) is 18.5. The Morgan fingerprint density at radius 2 is 1.97 bits per heavy atom. The first-order chi connectivity index (χ1) is 15.2. The molecule has 170 valence electrons. The zero-order valence-corrected chi connectivity index (χ0v) is 18.5. The van der Waals surface area contributed by atoms with E-state index in [1.165, 1.54) is 0 Å². The molecule has 32 heavy (non-hydrogen) atoms. The molecule has 10 nitrogen and oxygen atoms in total. The van der Waals surface area contributed by atoms with Crippen molar-refractivity contribution >= 4 is 40.3 Å². The van der Waals surface area contributed by atoms with Gasteiger partial charge in [0.2, 0.25) is 5.91 Å². The highest BCUT2D eigenvalue weighted by molar-refractivity contribution is 6.10. The smallest absolute Gasteiger partial charge is 0.254 e. The Balaban J connectivity index is 1.78. The molecule has 2 aromatic heterocycles. The van der Waals surface area contributed by atoms with E-state index in [4.69, 9.17) is 16.5 Å². The molecule has 2 amide bonds. The van der Waals surface area contributed by atoms with Crippen molar-refractivity contribution in [1.82, 2.24) is 19.9 Å². The molecule has 0 unspecified atom stereocenters. The first kappa shape index (κ1) is 21.8. The number of amides is 2. The lowest BCUT2D eigenvalue weighted by Gasteiger charge is -2.31. The molecule has 0 spiro atoms. The van der Waals surface area contributed by atoms with E-state index in [9.17, 15) is 14.7 Å². The van der Waals surface area contributed by atoms with Crippen LogP contribution >= 0.6 is 0 Å². The highest BCUT2D eigenvalue weighted by Crippen LogP contribution is 2.37. The molecule has 4 rings (SSSR count). The number of nitrogens with zero attached hydrogens (tertiary/aromatic N) is 4. The van der Waals surface area contributed by atoms with Crippen molar-refractivity contribution in [2.24, 2.45) is 17.6 Å². The number of allylic oxidation sites excluding steroid dienone is 2. The fourth-order valence-corrected chi connectivity index (χ4v) is 4.66. The van der Waals surface area contributed by atoms with Gasteiger partial charge in [-0.2, -0.15) is 0 Å². The molecule has 2 aliphatic rings. The summed E-state index contributed by atoms with van der Waals surface area (Å²) in [5.41, 5.74) is 14.6. The number of nitrogen functional groups attached to an aromatic ring is 1. The second-order valence-corrected chi connectivity index (χ2v) is 8.44. The Kier molecular flexibility index (Phi) is 5.64. The monoisotopic (exact) mass is 439 g/mol. The van der Waals surface area contributed by atoms with E-state index in [0.29, 0.717) is 42.9 Å². The maximum Gasteiger partial charge on any atom is 0.254 e. The Bertz CT molecular complexity index is 1140. The molecule has 1 aliphatic heterocycles. The molecule has 1 saturated heterocycles. The standard InChI is InChI=1S/C22H29N7O3/c1-11-4-5-14(30)12(2)18(11)29-19(23)16(20(24)31)17-21(29)26-10-15(27-17)28-8-6-13(7-9-28)22(32)25-3/h4-5,10,12-14,30H,6-9,23H2,1-3H3,(H2,24,31)(H,25,32)/t12-,14+/m0/s1. The predicted molar refractivity (Wildman–Crippen MR) is 123 cm³/mol. The molecule has 0 saturated carbocycles. The van der Waals surface area contributed by atoms with Crippen molar-refractivity contribution in [2.75, 3.05) is 30.8 Å². The van der Waals surface area contributed by atoms with E-state index in [1.807, 2.05) is 24.8 Å². The summed E-state index contributed by atoms with van der Waals surface area (Å²) in [6.45, 7) is 5.11. The first-order valence-electron chi connectivity index (χ1n) is 10.7. The number of anilines is 2. The van der Waals surface area contributed by atoms with Crippen LogP contribution in [0.4, 0.5) is 11.6 Å². The number of carbonyl (C=O) groups excluding carboxylic acids is 2. The molecular formula is C22H29N7O3. The van der Waals surface area contributed by atoms with Gasteiger partial charge < -0.3 is 26.8 Å². The predicted octanol–water partition coefficient (Wildman–Crippen LogP) is 0.873. The second-order valence-electron chi connectivity index (χ2n) is 8.44. The van der Waals surface area contributed by atoms with Crippen molar-refractivity contribution < 1.29 is 14.7 Å². The number of aromatic nitrogens is 3. The Morgan fingerprint density at radius 1 is 1.28 bits per heavy atom. The average Bonchev–Trinajstić information content (AvgIpc) is 3.07. The van der Waals surface area contributed by atoms with Crippen LogP contribution in [0.25, 0.3) is 16.9 Å². The lowest BCUT2D eigenvalue weighted by atomic mass is 9.91. The molecule has 2 atom stereocenters. The Morgan fingerprint density at radius 3 is 2.59 bits per heavy atom. The minimum Gasteiger partial charge on any atom is -0.388 e. The SMILES string of the molecule is CNC(=O)C1CCN(c2cnc3c(n2)c(C(N)=O)c(N)n3C2=C(C)C=C[C@@H](O)[C@@H]2C)CC1. The summed E-state index contributed by atoms with van der Waals surface area (Å²) in [4.78, 5) is 35.6. The fourth-order valence-electron chi connectivity index (χ4n) is 4.66. The minimum absolute atomic E-state index is 0.0203. The highest BCUT2D eigenvalue weighted by atomic mass is 16.3. The van der Waals surface area contributed by atoms with Crippen molar-refractivity contribution in [1.29, 1.82) is 0 Å². The van der Waals surface area contributed by atoms with Gasteiger partial charge in [0.05, 0.1) is 12.3 Å². The van der Waals surface area contributed by atoms with Gasteiger partial charge in [0, 0.05) is 37.7 Å². The number of nitrogens with one attached hydrogen (secondary N) is 1. The molecular weight excluding hydrogens is 410 g/mol. The molecule has 6 N–H and O–H groups in total. The van der Waals surface area contributed by atoms with Gasteiger partial charge in [-0.05, 0) is 25.3 Å². The van der Waals surface area contributed by atoms with Gasteiger partial charge in [-0.1, -0.05) is 19.1 Å². The summed E-state index contributed by atoms with van der Waals surface area (Å²) >= 11 is 0. The number of carbonyl (C=O) groups is 2. The largest absolute Gasteiger partial charge is 0.388 e. The fraction of sp³-hybridized carbons (Fsp3) is 0.455. The molecule has 0 aromatic carbocycles. The van der Waals surface area contributed by atoms with Gasteiger partial charge in [0.15, 0.2) is 5.65 Å². The number of aliphatic hydroxyl groups is 1. The van der Waals surface area contributed by atoms with E-state index >= 15 is 0 Å². The van der Waals surface area contributed by atoms with Crippen LogP contribution in [0.5, 0.6) is 0 Å². The maximum absolute atomic E-state index is 12.3. The quantitative estimate of drug-likeness (QED) is 0.551. The summed E-state index contributed by atoms with van der Waals surface area (Å²) < 4.78 is 1.68. The number of aliphatic hydroxyl groups excluding tert-OH is 1. The summed E-state index contributed by atoms with van der Waals surface area (Å²) in [7, 11) is 1.65. The molecule has 2 aromatic rings. The van der Waals surface area contributed by atoms with Crippen molar-refractivity contribution in [3.63, 3.8) is 0 Å². The third-order valence-corrected chi connectivity index (χ3v) is 6.50. The van der Waals surface area contributed by atoms with Crippen LogP contribution in [0.2, 0.25) is 0 Å². The highest BCUT2D eigenvalue weighted by Gasteiger charge is 2.31. The van der Waals surface area contributed by atoms with Crippen molar-refractivity contribution in [3.05, 3.63) is 29.5 Å². The number of piperidine rings is 1. The lowest BCUT2D eigenvalue weighted by molar-refractivity contribution is -0.125. The number of hydrogen-bond acceptors (Lipinski definition) is 7. The van der Waals surface area contributed by atoms with Gasteiger partial charge in [0.1, 0.15) is 22.7 Å². The van der Waals surface area contributed by atoms with Crippen LogP contribution < -0.4 is 21.7 Å². The van der Waals surface area contributed by atoms with Crippen molar-refractivity contribution in [2.45, 2.75) is 32.8 Å². The molecule has 10 heteroatoms. The topological polar surface area (TPSA) is 152 Å². The van der Waals surface area contributed by atoms with Gasteiger partial charge in [-0.25, -0.2) is 9.97 Å². The third-order valence-electron chi connectivity index (χ3n) is 6.50. The van der Waals surface area contributed by atoms with E-state index in [-0.39, 0.29) is 29.1 Å². The van der Waals surface area contributed by atoms with Gasteiger partial charge in [-0.3, -0.25) is 14.2 Å². The normalized spacial score (nSPS) is 21.9. The van der Waals surface area contributed by atoms with E-state index in [2.05, 4.69) is 10.3 Å². The third kappa shape index (κ3) is 3.50. The summed E-state index contributed by atoms with van der Waals surface area (Å²) in [5.74, 6) is -0.152. The molecule has 0 radical (unpaired) electrons. The van der Waals surface area contributed by atoms with Crippen LogP contribution in [0.3, 0.4) is 0 Å². The zero-order chi connectivity index (χ0) is 23.2. The summed E-state index contributed by atoms with van der Waals surface area (Å²) in [6.07, 6.45) is 5.94. The van der Waals surface area contributed by atoms with E-state index in [0.717, 1.165) is 11.3 Å². The van der Waals surface area contributed by atoms with Crippen molar-refractivity contribution in [3.8, 4) is 0 Å². The average molecular weight is 440 g/mol. The molecule has 3 heterocycles. The molecule has 1 fully saturated rings. The Labute approximate surface area is 186 Å². The number of fused-ring (bicyclic) bond motifs is 1. The molecule has 1 aliphatic carbocycles. The first-order valence-corrected chi connectivity index (χ1v) is 10.7. The van der Waals surface area contributed by atoms with Crippen LogP contribution in [0.1, 0.15) is 37.0 Å². The van der Waals surface area contributed by atoms with Gasteiger partial charge >= 0.3 is 0 Å². The van der Waals surface area contributed by atoms with Gasteiger partial charge in [-0.15, -0.1) is 0 Å². The summed E-state index contributed by atoms with van der Waals surface area (Å²) in [5, 5.41) is 13.1. The van der Waals surface area contributed by atoms with Gasteiger partial charge in [0.25, 0.3) is 5.91 Å². The number of hydrogen-bond donors (Lipinski definition) is 4. The minimum atomic E-state index is -0.686. The van der Waals surface area contributed by atoms with E-state index in [1.54, 1.807) is 23.9 Å². The number of primary amides is 1. The summed E-state index contributed by atoms with van der Waals surface area (Å²) in [6, 6.07) is 0. The molecule has 0 bridgehead atoms. The van der Waals surface area contributed by atoms with Crippen LogP contribution in [-0.4, -0.2) is 57.7 Å².